The Morgan fingerprint density at radius 1 is 1.27 bits per heavy atom. The molecule has 2 N–H and O–H groups in total. The molecule has 0 aliphatic carbocycles. The van der Waals surface area contributed by atoms with Crippen molar-refractivity contribution in [3.8, 4) is 22.9 Å². The molecule has 3 heterocycles. The van der Waals surface area contributed by atoms with Gasteiger partial charge in [-0.05, 0) is 32.4 Å². The highest BCUT2D eigenvalue weighted by molar-refractivity contribution is 5.88. The number of methoxy groups -OCH3 is 1. The molecule has 1 atom stereocenters. The molecule has 0 fully saturated rings. The molecule has 0 saturated carbocycles. The van der Waals surface area contributed by atoms with E-state index in [2.05, 4.69) is 26.2 Å². The van der Waals surface area contributed by atoms with Crippen LogP contribution in [0, 0.1) is 25.2 Å². The third kappa shape index (κ3) is 2.85. The van der Waals surface area contributed by atoms with Gasteiger partial charge in [-0.1, -0.05) is 0 Å². The van der Waals surface area contributed by atoms with Crippen molar-refractivity contribution in [2.24, 2.45) is 7.05 Å². The second-order valence-corrected chi connectivity index (χ2v) is 7.22. The molecule has 0 bridgehead atoms. The number of nitriles is 1. The summed E-state index contributed by atoms with van der Waals surface area (Å²) < 4.78 is 9.38. The largest absolute Gasteiger partial charge is 0.496 e. The minimum Gasteiger partial charge on any atom is -0.496 e. The normalized spacial score (nSPS) is 12.1. The number of fused-ring (bicyclic) bond motifs is 1. The minimum atomic E-state index is -0.270. The van der Waals surface area contributed by atoms with Gasteiger partial charge in [-0.15, -0.1) is 0 Å². The first-order valence-corrected chi connectivity index (χ1v) is 9.43. The van der Waals surface area contributed by atoms with Crippen molar-refractivity contribution in [3.63, 3.8) is 0 Å². The SMILES string of the molecule is COc1c(C(C)n2nc(C)c3c(N)ncnc32)cc(C#N)c(C)c1-c1cnn(C)c1. The van der Waals surface area contributed by atoms with Crippen LogP contribution in [-0.2, 0) is 7.05 Å². The number of hydrogen-bond acceptors (Lipinski definition) is 7. The van der Waals surface area contributed by atoms with Crippen LogP contribution in [0.15, 0.2) is 24.8 Å². The van der Waals surface area contributed by atoms with Crippen LogP contribution in [0.4, 0.5) is 5.82 Å². The first kappa shape index (κ1) is 19.4. The summed E-state index contributed by atoms with van der Waals surface area (Å²) in [4.78, 5) is 8.48. The first-order valence-electron chi connectivity index (χ1n) is 9.43. The summed E-state index contributed by atoms with van der Waals surface area (Å²) in [6, 6.07) is 3.89. The Balaban J connectivity index is 2.00. The molecule has 30 heavy (non-hydrogen) atoms. The standard InChI is InChI=1S/C21H22N8O/c1-11-14(7-22)6-16(19(30-5)17(11)15-8-26-28(4)9-15)13(3)29-21-18(12(2)27-29)20(23)24-10-25-21/h6,8-10,13H,1-5H3,(H2,23,24,25). The number of nitrogen functional groups attached to an aromatic ring is 1. The number of hydrogen-bond donors (Lipinski definition) is 1. The Kier molecular flexibility index (Phi) is 4.62. The molecule has 1 aromatic carbocycles. The van der Waals surface area contributed by atoms with Gasteiger partial charge in [0.1, 0.15) is 17.9 Å². The fourth-order valence-electron chi connectivity index (χ4n) is 3.89. The Labute approximate surface area is 173 Å². The van der Waals surface area contributed by atoms with Crippen LogP contribution in [0.25, 0.3) is 22.2 Å². The molecule has 4 aromatic rings. The first-order chi connectivity index (χ1) is 14.4. The molecule has 0 aliphatic heterocycles. The van der Waals surface area contributed by atoms with Gasteiger partial charge in [0.05, 0.1) is 42.1 Å². The average Bonchev–Trinajstić information content (AvgIpc) is 3.30. The van der Waals surface area contributed by atoms with E-state index in [0.29, 0.717) is 22.8 Å². The highest BCUT2D eigenvalue weighted by Crippen LogP contribution is 2.41. The molecule has 152 valence electrons. The monoisotopic (exact) mass is 402 g/mol. The summed E-state index contributed by atoms with van der Waals surface area (Å²) in [5, 5.41) is 19.4. The molecule has 4 rings (SSSR count). The lowest BCUT2D eigenvalue weighted by molar-refractivity contribution is 0.402. The topological polar surface area (TPSA) is 120 Å². The van der Waals surface area contributed by atoms with E-state index in [1.54, 1.807) is 22.7 Å². The zero-order valence-electron chi connectivity index (χ0n) is 17.5. The molecular weight excluding hydrogens is 380 g/mol. The second-order valence-electron chi connectivity index (χ2n) is 7.22. The van der Waals surface area contributed by atoms with Crippen molar-refractivity contribution in [1.29, 1.82) is 5.26 Å². The van der Waals surface area contributed by atoms with Crippen molar-refractivity contribution >= 4 is 16.9 Å². The summed E-state index contributed by atoms with van der Waals surface area (Å²) in [6.45, 7) is 5.78. The van der Waals surface area contributed by atoms with E-state index in [1.165, 1.54) is 6.33 Å². The van der Waals surface area contributed by atoms with Crippen LogP contribution < -0.4 is 10.5 Å². The molecule has 0 radical (unpaired) electrons. The fraction of sp³-hybridized carbons (Fsp3) is 0.286. The number of aryl methyl sites for hydroxylation is 2. The minimum absolute atomic E-state index is 0.270. The lowest BCUT2D eigenvalue weighted by Crippen LogP contribution is -2.12. The van der Waals surface area contributed by atoms with Gasteiger partial charge < -0.3 is 10.5 Å². The summed E-state index contributed by atoms with van der Waals surface area (Å²) in [6.07, 6.45) is 5.10. The molecule has 0 saturated heterocycles. The van der Waals surface area contributed by atoms with Gasteiger partial charge >= 0.3 is 0 Å². The van der Waals surface area contributed by atoms with Crippen LogP contribution in [0.3, 0.4) is 0 Å². The average molecular weight is 402 g/mol. The number of anilines is 1. The summed E-state index contributed by atoms with van der Waals surface area (Å²) in [5.74, 6) is 1.07. The summed E-state index contributed by atoms with van der Waals surface area (Å²) >= 11 is 0. The molecule has 1 unspecified atom stereocenters. The zero-order chi connectivity index (χ0) is 21.6. The molecule has 0 amide bonds. The predicted molar refractivity (Wildman–Crippen MR) is 113 cm³/mol. The van der Waals surface area contributed by atoms with Gasteiger partial charge in [0.15, 0.2) is 5.65 Å². The van der Waals surface area contributed by atoms with E-state index in [-0.39, 0.29) is 6.04 Å². The van der Waals surface area contributed by atoms with Crippen molar-refractivity contribution in [2.45, 2.75) is 26.8 Å². The fourth-order valence-corrected chi connectivity index (χ4v) is 3.89. The Hall–Kier alpha value is -3.93. The Morgan fingerprint density at radius 3 is 2.67 bits per heavy atom. The van der Waals surface area contributed by atoms with E-state index >= 15 is 0 Å². The van der Waals surface area contributed by atoms with Gasteiger partial charge in [-0.25, -0.2) is 14.6 Å². The number of benzene rings is 1. The van der Waals surface area contributed by atoms with Gasteiger partial charge in [-0.3, -0.25) is 4.68 Å². The van der Waals surface area contributed by atoms with Gasteiger partial charge in [0.25, 0.3) is 0 Å². The summed E-state index contributed by atoms with van der Waals surface area (Å²) in [5.41, 5.74) is 11.4. The Bertz CT molecular complexity index is 1310. The van der Waals surface area contributed by atoms with Crippen molar-refractivity contribution in [1.82, 2.24) is 29.5 Å². The number of nitrogens with zero attached hydrogens (tertiary/aromatic N) is 7. The van der Waals surface area contributed by atoms with E-state index in [9.17, 15) is 5.26 Å². The number of ether oxygens (including phenoxy) is 1. The Morgan fingerprint density at radius 2 is 2.03 bits per heavy atom. The van der Waals surface area contributed by atoms with E-state index in [4.69, 9.17) is 10.5 Å². The third-order valence-electron chi connectivity index (χ3n) is 5.40. The van der Waals surface area contributed by atoms with E-state index in [0.717, 1.165) is 33.3 Å². The van der Waals surface area contributed by atoms with Crippen LogP contribution in [0.2, 0.25) is 0 Å². The predicted octanol–water partition coefficient (Wildman–Crippen LogP) is 2.92. The highest BCUT2D eigenvalue weighted by Gasteiger charge is 2.25. The van der Waals surface area contributed by atoms with Crippen molar-refractivity contribution in [3.05, 3.63) is 47.2 Å². The number of rotatable bonds is 4. The molecule has 9 nitrogen and oxygen atoms in total. The zero-order valence-corrected chi connectivity index (χ0v) is 17.5. The maximum Gasteiger partial charge on any atom is 0.164 e. The maximum absolute atomic E-state index is 9.78. The molecule has 0 aliphatic rings. The van der Waals surface area contributed by atoms with E-state index in [1.807, 2.05) is 40.1 Å². The molecule has 0 spiro atoms. The summed E-state index contributed by atoms with van der Waals surface area (Å²) in [7, 11) is 3.48. The number of aromatic nitrogens is 6. The molecular formula is C21H22N8O. The van der Waals surface area contributed by atoms with E-state index < -0.39 is 0 Å². The van der Waals surface area contributed by atoms with Gasteiger partial charge in [0, 0.05) is 29.9 Å². The lowest BCUT2D eigenvalue weighted by Gasteiger charge is -2.21. The van der Waals surface area contributed by atoms with Gasteiger partial charge in [0.2, 0.25) is 0 Å². The van der Waals surface area contributed by atoms with Crippen LogP contribution in [0.5, 0.6) is 5.75 Å². The van der Waals surface area contributed by atoms with Crippen LogP contribution in [0.1, 0.15) is 35.3 Å². The van der Waals surface area contributed by atoms with Gasteiger partial charge in [-0.2, -0.15) is 15.5 Å². The maximum atomic E-state index is 9.78. The van der Waals surface area contributed by atoms with Crippen molar-refractivity contribution in [2.75, 3.05) is 12.8 Å². The van der Waals surface area contributed by atoms with Crippen molar-refractivity contribution < 1.29 is 4.74 Å². The quantitative estimate of drug-likeness (QED) is 0.557. The lowest BCUT2D eigenvalue weighted by atomic mass is 9.92. The third-order valence-corrected chi connectivity index (χ3v) is 5.40. The van der Waals surface area contributed by atoms with Crippen LogP contribution >= 0.6 is 0 Å². The molecule has 9 heteroatoms. The number of nitrogens with two attached hydrogens (primary N) is 1. The molecule has 3 aromatic heterocycles. The van der Waals surface area contributed by atoms with Crippen LogP contribution in [-0.4, -0.2) is 36.6 Å². The second kappa shape index (κ2) is 7.15. The smallest absolute Gasteiger partial charge is 0.164 e. The highest BCUT2D eigenvalue weighted by atomic mass is 16.5.